The molecule has 0 radical (unpaired) electrons. The van der Waals surface area contributed by atoms with E-state index in [4.69, 9.17) is 0 Å². The second kappa shape index (κ2) is 6.53. The molecule has 0 aliphatic heterocycles. The van der Waals surface area contributed by atoms with E-state index in [2.05, 4.69) is 10.1 Å². The van der Waals surface area contributed by atoms with Crippen LogP contribution in [0.5, 0.6) is 0 Å². The van der Waals surface area contributed by atoms with E-state index < -0.39 is 11.2 Å². The molecule has 1 aromatic carbocycles. The molecule has 0 spiro atoms. The van der Waals surface area contributed by atoms with Crippen LogP contribution in [0, 0.1) is 25.2 Å². The van der Waals surface area contributed by atoms with Crippen LogP contribution >= 0.6 is 0 Å². The fourth-order valence-electron chi connectivity index (χ4n) is 2.42. The van der Waals surface area contributed by atoms with Crippen LogP contribution in [0.1, 0.15) is 22.4 Å². The standard InChI is InChI=1S/C18H15N5O2/c1-12-5-6-15(8-13(12)2)23-18(25)22(17(24)16(9-19)21-23)11-14-4-3-7-20-10-14/h3-8,10H,11H2,1-2H3. The van der Waals surface area contributed by atoms with Gasteiger partial charge in [0.25, 0.3) is 5.56 Å². The summed E-state index contributed by atoms with van der Waals surface area (Å²) in [6, 6.07) is 10.6. The first-order valence-corrected chi connectivity index (χ1v) is 7.62. The smallest absolute Gasteiger partial charge is 0.266 e. The van der Waals surface area contributed by atoms with Crippen molar-refractivity contribution < 1.29 is 0 Å². The molecule has 0 atom stereocenters. The molecule has 0 fully saturated rings. The number of pyridine rings is 1. The van der Waals surface area contributed by atoms with Crippen molar-refractivity contribution in [1.82, 2.24) is 19.3 Å². The van der Waals surface area contributed by atoms with Gasteiger partial charge in [0.05, 0.1) is 12.2 Å². The van der Waals surface area contributed by atoms with Gasteiger partial charge in [-0.1, -0.05) is 12.1 Å². The first kappa shape index (κ1) is 16.3. The van der Waals surface area contributed by atoms with Gasteiger partial charge < -0.3 is 0 Å². The summed E-state index contributed by atoms with van der Waals surface area (Å²) < 4.78 is 2.08. The van der Waals surface area contributed by atoms with Crippen molar-refractivity contribution in [2.75, 3.05) is 0 Å². The average molecular weight is 333 g/mol. The van der Waals surface area contributed by atoms with Gasteiger partial charge in [0.2, 0.25) is 5.69 Å². The van der Waals surface area contributed by atoms with E-state index in [1.807, 2.05) is 19.9 Å². The number of aryl methyl sites for hydroxylation is 2. The third kappa shape index (κ3) is 3.10. The SMILES string of the molecule is Cc1ccc(-n2nc(C#N)c(=O)n(Cc3cccnc3)c2=O)cc1C. The maximum atomic E-state index is 12.8. The topological polar surface area (TPSA) is 93.6 Å². The van der Waals surface area contributed by atoms with Gasteiger partial charge in [0.1, 0.15) is 6.07 Å². The largest absolute Gasteiger partial charge is 0.352 e. The summed E-state index contributed by atoms with van der Waals surface area (Å²) in [5.74, 6) is 0. The highest BCUT2D eigenvalue weighted by molar-refractivity contribution is 5.39. The monoisotopic (exact) mass is 333 g/mol. The van der Waals surface area contributed by atoms with E-state index in [0.717, 1.165) is 20.4 Å². The van der Waals surface area contributed by atoms with Gasteiger partial charge in [0, 0.05) is 12.4 Å². The van der Waals surface area contributed by atoms with E-state index in [0.29, 0.717) is 11.3 Å². The van der Waals surface area contributed by atoms with Gasteiger partial charge in [-0.05, 0) is 48.7 Å². The lowest BCUT2D eigenvalue weighted by Crippen LogP contribution is -2.42. The Labute approximate surface area is 143 Å². The molecule has 0 bridgehead atoms. The van der Waals surface area contributed by atoms with Crippen molar-refractivity contribution in [1.29, 1.82) is 5.26 Å². The molecule has 0 aliphatic rings. The molecule has 0 N–H and O–H groups in total. The van der Waals surface area contributed by atoms with Gasteiger partial charge in [-0.15, -0.1) is 5.10 Å². The lowest BCUT2D eigenvalue weighted by molar-refractivity contribution is 0.610. The first-order valence-electron chi connectivity index (χ1n) is 7.62. The second-order valence-corrected chi connectivity index (χ2v) is 5.68. The highest BCUT2D eigenvalue weighted by Gasteiger charge is 2.15. The summed E-state index contributed by atoms with van der Waals surface area (Å²) in [6.07, 6.45) is 3.17. The quantitative estimate of drug-likeness (QED) is 0.721. The van der Waals surface area contributed by atoms with Crippen molar-refractivity contribution in [2.24, 2.45) is 0 Å². The number of nitrogens with zero attached hydrogens (tertiary/aromatic N) is 5. The highest BCUT2D eigenvalue weighted by atomic mass is 16.2. The lowest BCUT2D eigenvalue weighted by Gasteiger charge is -2.11. The molecule has 0 saturated carbocycles. The Balaban J connectivity index is 2.22. The molecule has 7 nitrogen and oxygen atoms in total. The predicted octanol–water partition coefficient (Wildman–Crippen LogP) is 1.33. The third-order valence-corrected chi connectivity index (χ3v) is 3.96. The zero-order valence-corrected chi connectivity index (χ0v) is 13.8. The van der Waals surface area contributed by atoms with Crippen LogP contribution in [0.25, 0.3) is 5.69 Å². The van der Waals surface area contributed by atoms with Crippen molar-refractivity contribution in [3.05, 3.63) is 85.9 Å². The molecule has 2 aromatic heterocycles. The predicted molar refractivity (Wildman–Crippen MR) is 91.6 cm³/mol. The van der Waals surface area contributed by atoms with Crippen LogP contribution in [0.3, 0.4) is 0 Å². The summed E-state index contributed by atoms with van der Waals surface area (Å²) in [7, 11) is 0. The Hall–Kier alpha value is -3.53. The van der Waals surface area contributed by atoms with Crippen molar-refractivity contribution in [2.45, 2.75) is 20.4 Å². The van der Waals surface area contributed by atoms with Gasteiger partial charge in [-0.3, -0.25) is 14.3 Å². The fraction of sp³-hybridized carbons (Fsp3) is 0.167. The summed E-state index contributed by atoms with van der Waals surface area (Å²) in [5, 5.41) is 13.1. The van der Waals surface area contributed by atoms with E-state index >= 15 is 0 Å². The van der Waals surface area contributed by atoms with Gasteiger partial charge in [-0.2, -0.15) is 9.94 Å². The second-order valence-electron chi connectivity index (χ2n) is 5.68. The highest BCUT2D eigenvalue weighted by Crippen LogP contribution is 2.11. The first-order chi connectivity index (χ1) is 12.0. The maximum Gasteiger partial charge on any atom is 0.352 e. The molecule has 0 aliphatic carbocycles. The third-order valence-electron chi connectivity index (χ3n) is 3.96. The Morgan fingerprint density at radius 2 is 1.96 bits per heavy atom. The number of rotatable bonds is 3. The minimum atomic E-state index is -0.712. The van der Waals surface area contributed by atoms with Crippen LogP contribution in [0.15, 0.2) is 52.3 Å². The number of nitriles is 1. The summed E-state index contributed by atoms with van der Waals surface area (Å²) in [5.41, 5.74) is 1.60. The lowest BCUT2D eigenvalue weighted by atomic mass is 10.1. The van der Waals surface area contributed by atoms with E-state index in [-0.39, 0.29) is 12.2 Å². The average Bonchev–Trinajstić information content (AvgIpc) is 2.62. The number of aromatic nitrogens is 4. The Bertz CT molecular complexity index is 1090. The summed E-state index contributed by atoms with van der Waals surface area (Å²) >= 11 is 0. The number of benzene rings is 1. The molecule has 3 aromatic rings. The Kier molecular flexibility index (Phi) is 4.27. The van der Waals surface area contributed by atoms with E-state index in [9.17, 15) is 14.9 Å². The van der Waals surface area contributed by atoms with Crippen LogP contribution in [0.2, 0.25) is 0 Å². The normalized spacial score (nSPS) is 10.4. The maximum absolute atomic E-state index is 12.8. The van der Waals surface area contributed by atoms with Crippen LogP contribution in [-0.2, 0) is 6.54 Å². The molecular formula is C18H15N5O2. The van der Waals surface area contributed by atoms with Gasteiger partial charge in [0.15, 0.2) is 0 Å². The molecule has 124 valence electrons. The van der Waals surface area contributed by atoms with Crippen LogP contribution in [0.4, 0.5) is 0 Å². The summed E-state index contributed by atoms with van der Waals surface area (Å²) in [4.78, 5) is 29.1. The van der Waals surface area contributed by atoms with E-state index in [1.165, 1.54) is 0 Å². The molecule has 0 unspecified atom stereocenters. The van der Waals surface area contributed by atoms with Crippen LogP contribution in [-0.4, -0.2) is 19.3 Å². The van der Waals surface area contributed by atoms with Gasteiger partial charge >= 0.3 is 5.69 Å². The zero-order chi connectivity index (χ0) is 18.0. The molecule has 3 rings (SSSR count). The van der Waals surface area contributed by atoms with Gasteiger partial charge in [-0.25, -0.2) is 4.79 Å². The Morgan fingerprint density at radius 3 is 2.60 bits per heavy atom. The van der Waals surface area contributed by atoms with E-state index in [1.54, 1.807) is 42.7 Å². The minimum Gasteiger partial charge on any atom is -0.266 e. The van der Waals surface area contributed by atoms with Crippen molar-refractivity contribution >= 4 is 0 Å². The Morgan fingerprint density at radius 1 is 1.16 bits per heavy atom. The molecule has 0 saturated heterocycles. The molecule has 25 heavy (non-hydrogen) atoms. The zero-order valence-electron chi connectivity index (χ0n) is 13.8. The minimum absolute atomic E-state index is 0.0214. The molecule has 7 heteroatoms. The van der Waals surface area contributed by atoms with Crippen molar-refractivity contribution in [3.8, 4) is 11.8 Å². The van der Waals surface area contributed by atoms with Crippen LogP contribution < -0.4 is 11.2 Å². The van der Waals surface area contributed by atoms with Crippen molar-refractivity contribution in [3.63, 3.8) is 0 Å². The molecule has 2 heterocycles. The molecule has 0 amide bonds. The number of hydrogen-bond donors (Lipinski definition) is 0. The number of hydrogen-bond acceptors (Lipinski definition) is 5. The fourth-order valence-corrected chi connectivity index (χ4v) is 2.42. The summed E-state index contributed by atoms with van der Waals surface area (Å²) in [6.45, 7) is 3.90. The molecular weight excluding hydrogens is 318 g/mol.